The summed E-state index contributed by atoms with van der Waals surface area (Å²) in [6, 6.07) is -1.02. The van der Waals surface area contributed by atoms with Crippen molar-refractivity contribution in [1.29, 1.82) is 0 Å². The molecule has 2 aliphatic rings. The number of aliphatic hydroxyl groups excluding tert-OH is 1. The standard InChI is InChI=1S/C11H15NO5S.K/c1-4(13)6(14)5-8(15)12-7(10(16)17)11(2,3)18-9(5)12;/h5-7,9,14H,1-3H3,(H,16,17);/q;+1/p-1/t5-,6?,7+,9-;/m1./s1. The van der Waals surface area contributed by atoms with Crippen molar-refractivity contribution in [2.24, 2.45) is 5.92 Å². The van der Waals surface area contributed by atoms with E-state index in [2.05, 4.69) is 0 Å². The first-order valence-corrected chi connectivity index (χ1v) is 6.46. The molecule has 1 N–H and O–H groups in total. The van der Waals surface area contributed by atoms with Crippen LogP contribution in [0.15, 0.2) is 0 Å². The number of aliphatic carboxylic acids is 1. The van der Waals surface area contributed by atoms with Crippen LogP contribution in [0.3, 0.4) is 0 Å². The topological polar surface area (TPSA) is 97.7 Å². The Morgan fingerprint density at radius 3 is 2.42 bits per heavy atom. The Labute approximate surface area is 157 Å². The molecule has 0 aromatic carbocycles. The van der Waals surface area contributed by atoms with E-state index in [0.29, 0.717) is 0 Å². The number of carbonyl (C=O) groups excluding carboxylic acids is 3. The predicted octanol–water partition coefficient (Wildman–Crippen LogP) is -4.63. The molecule has 100 valence electrons. The van der Waals surface area contributed by atoms with E-state index < -0.39 is 45.8 Å². The van der Waals surface area contributed by atoms with Crippen molar-refractivity contribution < 1.29 is 76.0 Å². The summed E-state index contributed by atoms with van der Waals surface area (Å²) in [6.07, 6.45) is -1.36. The molecule has 2 aliphatic heterocycles. The monoisotopic (exact) mass is 311 g/mol. The minimum absolute atomic E-state index is 0. The second-order valence-corrected chi connectivity index (χ2v) is 6.93. The molecule has 0 bridgehead atoms. The van der Waals surface area contributed by atoms with Gasteiger partial charge in [0.05, 0.1) is 17.4 Å². The SMILES string of the molecule is CC(=O)C(O)[C@@H]1C(=O)N2[C@@H]1SC(C)(C)[C@@H]2C(=O)[O-].[K+]. The maximum atomic E-state index is 11.9. The van der Waals surface area contributed by atoms with Gasteiger partial charge in [-0.2, -0.15) is 0 Å². The molecule has 1 amide bonds. The van der Waals surface area contributed by atoms with Crippen LogP contribution in [0.5, 0.6) is 0 Å². The van der Waals surface area contributed by atoms with Crippen LogP contribution in [0.1, 0.15) is 20.8 Å². The normalized spacial score (nSPS) is 32.9. The molecule has 0 aromatic heterocycles. The molecule has 0 saturated carbocycles. The summed E-state index contributed by atoms with van der Waals surface area (Å²) in [5, 5.41) is 20.3. The Hall–Kier alpha value is 0.556. The van der Waals surface area contributed by atoms with Gasteiger partial charge in [0.2, 0.25) is 5.91 Å². The number of ketones is 1. The van der Waals surface area contributed by atoms with Gasteiger partial charge in [0.25, 0.3) is 0 Å². The number of aliphatic hydroxyl groups is 1. The Morgan fingerprint density at radius 2 is 2.00 bits per heavy atom. The van der Waals surface area contributed by atoms with E-state index in [4.69, 9.17) is 0 Å². The average Bonchev–Trinajstić information content (AvgIpc) is 2.47. The van der Waals surface area contributed by atoms with Gasteiger partial charge >= 0.3 is 51.4 Å². The first kappa shape index (κ1) is 17.6. The smallest absolute Gasteiger partial charge is 0.548 e. The number of carboxylic acids is 1. The third-order valence-electron chi connectivity index (χ3n) is 3.46. The van der Waals surface area contributed by atoms with E-state index in [-0.39, 0.29) is 51.4 Å². The summed E-state index contributed by atoms with van der Waals surface area (Å²) in [5.74, 6) is -3.12. The maximum absolute atomic E-state index is 11.9. The molecular formula is C11H14KNO5S. The fourth-order valence-corrected chi connectivity index (χ4v) is 4.28. The number of hydrogen-bond donors (Lipinski definition) is 1. The molecule has 2 saturated heterocycles. The van der Waals surface area contributed by atoms with Gasteiger partial charge in [-0.15, -0.1) is 11.8 Å². The Bertz CT molecular complexity index is 441. The molecule has 4 atom stereocenters. The molecule has 2 fully saturated rings. The molecule has 2 rings (SSSR count). The van der Waals surface area contributed by atoms with Crippen molar-refractivity contribution in [1.82, 2.24) is 4.90 Å². The first-order valence-electron chi connectivity index (χ1n) is 5.58. The van der Waals surface area contributed by atoms with Gasteiger partial charge in [-0.3, -0.25) is 9.59 Å². The molecule has 0 radical (unpaired) electrons. The summed E-state index contributed by atoms with van der Waals surface area (Å²) in [4.78, 5) is 35.4. The van der Waals surface area contributed by atoms with Crippen molar-refractivity contribution in [2.45, 2.75) is 43.0 Å². The molecule has 1 unspecified atom stereocenters. The summed E-state index contributed by atoms with van der Waals surface area (Å²) in [6.45, 7) is 4.63. The zero-order valence-corrected chi connectivity index (χ0v) is 15.2. The third kappa shape index (κ3) is 2.68. The van der Waals surface area contributed by atoms with Gasteiger partial charge in [-0.05, 0) is 20.8 Å². The van der Waals surface area contributed by atoms with Gasteiger partial charge in [0.1, 0.15) is 12.0 Å². The number of amides is 1. The van der Waals surface area contributed by atoms with E-state index in [0.717, 1.165) is 0 Å². The molecule has 8 heteroatoms. The zero-order valence-electron chi connectivity index (χ0n) is 11.2. The summed E-state index contributed by atoms with van der Waals surface area (Å²) in [7, 11) is 0. The van der Waals surface area contributed by atoms with Gasteiger partial charge in [0, 0.05) is 4.75 Å². The van der Waals surface area contributed by atoms with Gasteiger partial charge in [-0.25, -0.2) is 0 Å². The fourth-order valence-electron chi connectivity index (χ4n) is 2.57. The molecule has 0 spiro atoms. The number of nitrogens with zero attached hydrogens (tertiary/aromatic N) is 1. The minimum Gasteiger partial charge on any atom is -0.548 e. The summed E-state index contributed by atoms with van der Waals surface area (Å²) >= 11 is 1.28. The quantitative estimate of drug-likeness (QED) is 0.416. The predicted molar refractivity (Wildman–Crippen MR) is 61.3 cm³/mol. The Kier molecular flexibility index (Phi) is 5.32. The Morgan fingerprint density at radius 1 is 1.47 bits per heavy atom. The Balaban J connectivity index is 0.00000180. The van der Waals surface area contributed by atoms with Gasteiger partial charge < -0.3 is 19.9 Å². The van der Waals surface area contributed by atoms with E-state index in [1.165, 1.54) is 23.6 Å². The van der Waals surface area contributed by atoms with Gasteiger partial charge in [-0.1, -0.05) is 0 Å². The van der Waals surface area contributed by atoms with Crippen LogP contribution < -0.4 is 56.5 Å². The number of hydrogen-bond acceptors (Lipinski definition) is 6. The number of fused-ring (bicyclic) bond motifs is 1. The van der Waals surface area contributed by atoms with Gasteiger partial charge in [0.15, 0.2) is 5.78 Å². The summed E-state index contributed by atoms with van der Waals surface area (Å²) in [5.41, 5.74) is 0. The van der Waals surface area contributed by atoms with Crippen LogP contribution in [0.4, 0.5) is 0 Å². The number of rotatable bonds is 3. The van der Waals surface area contributed by atoms with Crippen LogP contribution in [-0.4, -0.2) is 49.9 Å². The molecule has 19 heavy (non-hydrogen) atoms. The van der Waals surface area contributed by atoms with Crippen molar-refractivity contribution in [3.05, 3.63) is 0 Å². The number of Topliss-reactive ketones (excluding diaryl/α,β-unsaturated/α-hetero) is 1. The molecule has 0 aromatic rings. The van der Waals surface area contributed by atoms with E-state index in [9.17, 15) is 24.6 Å². The number of carbonyl (C=O) groups is 3. The van der Waals surface area contributed by atoms with Crippen LogP contribution in [0.2, 0.25) is 0 Å². The van der Waals surface area contributed by atoms with Crippen molar-refractivity contribution >= 4 is 29.4 Å². The third-order valence-corrected chi connectivity index (χ3v) is 5.05. The van der Waals surface area contributed by atoms with E-state index in [1.54, 1.807) is 13.8 Å². The van der Waals surface area contributed by atoms with Crippen LogP contribution >= 0.6 is 11.8 Å². The first-order chi connectivity index (χ1) is 8.18. The molecule has 2 heterocycles. The molecular weight excluding hydrogens is 297 g/mol. The van der Waals surface area contributed by atoms with E-state index in [1.807, 2.05) is 0 Å². The second kappa shape index (κ2) is 5.74. The van der Waals surface area contributed by atoms with Crippen molar-refractivity contribution in [2.75, 3.05) is 0 Å². The van der Waals surface area contributed by atoms with Crippen LogP contribution in [0, 0.1) is 5.92 Å². The number of carboxylic acid groups (broad SMARTS) is 1. The molecule has 6 nitrogen and oxygen atoms in total. The van der Waals surface area contributed by atoms with Crippen molar-refractivity contribution in [3.8, 4) is 0 Å². The van der Waals surface area contributed by atoms with E-state index >= 15 is 0 Å². The zero-order chi connectivity index (χ0) is 13.8. The second-order valence-electron chi connectivity index (χ2n) is 5.16. The fraction of sp³-hybridized carbons (Fsp3) is 0.727. The van der Waals surface area contributed by atoms with Crippen molar-refractivity contribution in [3.63, 3.8) is 0 Å². The minimum atomic E-state index is -1.36. The largest absolute Gasteiger partial charge is 1.00 e. The maximum Gasteiger partial charge on any atom is 1.00 e. The number of β-lactam (4-membered cyclic amide) rings is 1. The number of thioether (sulfide) groups is 1. The van der Waals surface area contributed by atoms with Crippen LogP contribution in [0.25, 0.3) is 0 Å². The average molecular weight is 311 g/mol. The summed E-state index contributed by atoms with van der Waals surface area (Å²) < 4.78 is -0.690. The van der Waals surface area contributed by atoms with Crippen LogP contribution in [-0.2, 0) is 14.4 Å². The molecule has 0 aliphatic carbocycles.